The SMILES string of the molecule is CCC(C)C1NC(=O)C(C(C)C)NC(=O)C(Cc2ccccc2)NC(=O)C(Cc2ccccc2)NC(=O)C2CCCN2C(=O)C2CCCN2C(=O)C2CCCN2C(=O)C(Cc2ccccc2)NC(=O)C(C)NC1=O. The number of fused-ring (bicyclic) bond motifs is 3. The minimum absolute atomic E-state index is 0.0205. The molecule has 3 aromatic rings. The lowest BCUT2D eigenvalue weighted by atomic mass is 9.95. The number of amides is 9. The van der Waals surface area contributed by atoms with Gasteiger partial charge in [0, 0.05) is 38.9 Å². The first-order valence-electron chi connectivity index (χ1n) is 26.4. The Balaban J connectivity index is 1.25. The summed E-state index contributed by atoms with van der Waals surface area (Å²) in [7, 11) is 0. The molecule has 0 aromatic heterocycles. The molecule has 10 unspecified atom stereocenters. The molecule has 0 bridgehead atoms. The molecule has 0 spiro atoms. The van der Waals surface area contributed by atoms with Crippen LogP contribution in [0.25, 0.3) is 0 Å². The highest BCUT2D eigenvalue weighted by atomic mass is 16.2. The van der Waals surface area contributed by atoms with Gasteiger partial charge in [-0.15, -0.1) is 0 Å². The van der Waals surface area contributed by atoms with E-state index in [-0.39, 0.29) is 44.8 Å². The van der Waals surface area contributed by atoms with Crippen LogP contribution in [0, 0.1) is 11.8 Å². The molecule has 0 aliphatic carbocycles. The van der Waals surface area contributed by atoms with Crippen molar-refractivity contribution in [1.29, 1.82) is 0 Å². The molecule has 396 valence electrons. The Morgan fingerprint density at radius 2 is 0.811 bits per heavy atom. The Bertz CT molecular complexity index is 2490. The minimum Gasteiger partial charge on any atom is -0.343 e. The van der Waals surface area contributed by atoms with Crippen molar-refractivity contribution in [3.05, 3.63) is 108 Å². The quantitative estimate of drug-likeness (QED) is 0.184. The number of rotatable bonds is 9. The van der Waals surface area contributed by atoms with Crippen LogP contribution >= 0.6 is 0 Å². The maximum absolute atomic E-state index is 14.8. The summed E-state index contributed by atoms with van der Waals surface area (Å²) in [5, 5.41) is 17.1. The highest BCUT2D eigenvalue weighted by Gasteiger charge is 2.47. The Labute approximate surface area is 433 Å². The molecule has 3 aromatic carbocycles. The third kappa shape index (κ3) is 13.3. The zero-order valence-corrected chi connectivity index (χ0v) is 43.2. The molecule has 10 atom stereocenters. The highest BCUT2D eigenvalue weighted by molar-refractivity contribution is 6.00. The lowest BCUT2D eigenvalue weighted by molar-refractivity contribution is -0.151. The molecule has 7 rings (SSSR count). The molecule has 74 heavy (non-hydrogen) atoms. The maximum Gasteiger partial charge on any atom is 0.246 e. The fourth-order valence-electron chi connectivity index (χ4n) is 10.6. The smallest absolute Gasteiger partial charge is 0.246 e. The molecular formula is C56H73N9O9. The predicted molar refractivity (Wildman–Crippen MR) is 276 cm³/mol. The van der Waals surface area contributed by atoms with Gasteiger partial charge in [-0.3, -0.25) is 43.2 Å². The maximum atomic E-state index is 14.8. The third-order valence-corrected chi connectivity index (χ3v) is 15.0. The summed E-state index contributed by atoms with van der Waals surface area (Å²) in [6, 6.07) is 17.4. The van der Waals surface area contributed by atoms with Crippen molar-refractivity contribution in [3.8, 4) is 0 Å². The lowest BCUT2D eigenvalue weighted by Gasteiger charge is -2.35. The second-order valence-electron chi connectivity index (χ2n) is 20.7. The van der Waals surface area contributed by atoms with Crippen LogP contribution in [0.4, 0.5) is 0 Å². The summed E-state index contributed by atoms with van der Waals surface area (Å²) >= 11 is 0. The molecule has 6 N–H and O–H groups in total. The van der Waals surface area contributed by atoms with Crippen LogP contribution in [0.1, 0.15) is 96.3 Å². The Hall–Kier alpha value is -7.11. The molecule has 4 fully saturated rings. The fourth-order valence-corrected chi connectivity index (χ4v) is 10.6. The van der Waals surface area contributed by atoms with Gasteiger partial charge in [0.05, 0.1) is 0 Å². The molecule has 4 aliphatic rings. The monoisotopic (exact) mass is 1020 g/mol. The van der Waals surface area contributed by atoms with Crippen LogP contribution in [0.15, 0.2) is 91.0 Å². The van der Waals surface area contributed by atoms with Gasteiger partial charge in [0.15, 0.2) is 0 Å². The van der Waals surface area contributed by atoms with Crippen LogP contribution in [0.5, 0.6) is 0 Å². The average Bonchev–Trinajstić information content (AvgIpc) is 4.21. The van der Waals surface area contributed by atoms with Crippen molar-refractivity contribution in [1.82, 2.24) is 46.6 Å². The number of benzene rings is 3. The van der Waals surface area contributed by atoms with Gasteiger partial charge in [-0.25, -0.2) is 0 Å². The molecule has 4 saturated heterocycles. The fraction of sp³-hybridized carbons (Fsp3) is 0.518. The van der Waals surface area contributed by atoms with E-state index in [1.807, 2.05) is 73.7 Å². The van der Waals surface area contributed by atoms with Gasteiger partial charge in [-0.05, 0) is 74.0 Å². The zero-order chi connectivity index (χ0) is 53.1. The van der Waals surface area contributed by atoms with Gasteiger partial charge >= 0.3 is 0 Å². The summed E-state index contributed by atoms with van der Waals surface area (Å²) in [6.07, 6.45) is 3.15. The van der Waals surface area contributed by atoms with E-state index in [9.17, 15) is 43.2 Å². The van der Waals surface area contributed by atoms with Gasteiger partial charge in [-0.2, -0.15) is 0 Å². The molecule has 18 nitrogen and oxygen atoms in total. The predicted octanol–water partition coefficient (Wildman–Crippen LogP) is 2.33. The van der Waals surface area contributed by atoms with E-state index in [1.165, 1.54) is 21.6 Å². The van der Waals surface area contributed by atoms with Crippen molar-refractivity contribution in [2.45, 2.75) is 153 Å². The summed E-state index contributed by atoms with van der Waals surface area (Å²) in [6.45, 7) is 9.35. The summed E-state index contributed by atoms with van der Waals surface area (Å²) in [4.78, 5) is 135. The number of carbonyl (C=O) groups excluding carboxylic acids is 9. The Kier molecular flexibility index (Phi) is 18.6. The van der Waals surface area contributed by atoms with E-state index in [0.717, 1.165) is 11.1 Å². The number of hydrogen-bond acceptors (Lipinski definition) is 9. The van der Waals surface area contributed by atoms with Gasteiger partial charge in [0.2, 0.25) is 53.2 Å². The molecule has 18 heteroatoms. The number of hydrogen-bond donors (Lipinski definition) is 6. The average molecular weight is 1020 g/mol. The molecule has 0 radical (unpaired) electrons. The van der Waals surface area contributed by atoms with Crippen LogP contribution in [-0.2, 0) is 62.4 Å². The first-order chi connectivity index (χ1) is 35.5. The number of nitrogens with one attached hydrogen (secondary N) is 6. The second-order valence-corrected chi connectivity index (χ2v) is 20.7. The zero-order valence-electron chi connectivity index (χ0n) is 43.2. The van der Waals surface area contributed by atoms with Crippen molar-refractivity contribution < 1.29 is 43.2 Å². The molecule has 4 heterocycles. The molecular weight excluding hydrogens is 943 g/mol. The van der Waals surface area contributed by atoms with Crippen molar-refractivity contribution in [2.24, 2.45) is 11.8 Å². The molecule has 9 amide bonds. The normalized spacial score (nSPS) is 27.7. The van der Waals surface area contributed by atoms with Crippen LogP contribution in [0.2, 0.25) is 0 Å². The van der Waals surface area contributed by atoms with Crippen LogP contribution in [-0.4, -0.2) is 142 Å². The Morgan fingerprint density at radius 1 is 0.432 bits per heavy atom. The topological polar surface area (TPSA) is 236 Å². The van der Waals surface area contributed by atoms with Gasteiger partial charge < -0.3 is 46.6 Å². The van der Waals surface area contributed by atoms with E-state index in [4.69, 9.17) is 0 Å². The first kappa shape index (κ1) is 54.7. The largest absolute Gasteiger partial charge is 0.343 e. The van der Waals surface area contributed by atoms with Crippen LogP contribution in [0.3, 0.4) is 0 Å². The van der Waals surface area contributed by atoms with Gasteiger partial charge in [0.25, 0.3) is 0 Å². The summed E-state index contributed by atoms with van der Waals surface area (Å²) < 4.78 is 0. The highest BCUT2D eigenvalue weighted by Crippen LogP contribution is 2.29. The van der Waals surface area contributed by atoms with Crippen molar-refractivity contribution in [2.75, 3.05) is 19.6 Å². The number of carbonyl (C=O) groups is 9. The molecule has 4 aliphatic heterocycles. The summed E-state index contributed by atoms with van der Waals surface area (Å²) in [5.74, 6) is -6.11. The molecule has 0 saturated carbocycles. The van der Waals surface area contributed by atoms with E-state index in [0.29, 0.717) is 50.5 Å². The Morgan fingerprint density at radius 3 is 1.28 bits per heavy atom. The van der Waals surface area contributed by atoms with Crippen molar-refractivity contribution >= 4 is 53.2 Å². The van der Waals surface area contributed by atoms with E-state index in [1.54, 1.807) is 45.0 Å². The first-order valence-corrected chi connectivity index (χ1v) is 26.4. The lowest BCUT2D eigenvalue weighted by Crippen LogP contribution is -2.62. The second kappa shape index (κ2) is 25.2. The minimum atomic E-state index is -1.24. The third-order valence-electron chi connectivity index (χ3n) is 15.0. The van der Waals surface area contributed by atoms with Gasteiger partial charge in [0.1, 0.15) is 54.4 Å². The van der Waals surface area contributed by atoms with Crippen LogP contribution < -0.4 is 31.9 Å². The van der Waals surface area contributed by atoms with E-state index in [2.05, 4.69) is 31.9 Å². The van der Waals surface area contributed by atoms with E-state index < -0.39 is 113 Å². The van der Waals surface area contributed by atoms with Gasteiger partial charge in [-0.1, -0.05) is 125 Å². The van der Waals surface area contributed by atoms with E-state index >= 15 is 0 Å². The summed E-state index contributed by atoms with van der Waals surface area (Å²) in [5.41, 5.74) is 2.18. The number of nitrogens with zero attached hydrogens (tertiary/aromatic N) is 3. The van der Waals surface area contributed by atoms with Crippen molar-refractivity contribution in [3.63, 3.8) is 0 Å². The standard InChI is InChI=1S/C56H73N9O9/c1-6-35(4)47-53(71)57-36(5)48(66)60-42(33-39-23-14-9-15-24-39)54(72)64-29-17-26-44(64)56(74)65-30-18-27-45(65)55(73)63-28-16-25-43(63)51(69)59-40(31-37-19-10-7-11-20-37)49(67)58-41(32-38-21-12-8-13-22-38)50(68)61-46(34(2)3)52(70)62-47/h7-15,19-24,34-36,40-47H,6,16-18,25-33H2,1-5H3,(H,57,71)(H,58,67)(H,59,69)(H,60,66)(H,61,68)(H,62,70).